The number of nitrogens with zero attached hydrogens (tertiary/aromatic N) is 6. The maximum absolute atomic E-state index is 5.02. The minimum atomic E-state index is 0. The molecular weight excluding hydrogens is 661 g/mol. The van der Waals surface area contributed by atoms with Crippen molar-refractivity contribution in [3.8, 4) is 45.6 Å². The van der Waals surface area contributed by atoms with E-state index in [4.69, 9.17) is 29.9 Å². The molecule has 7 aromatic rings. The zero-order chi connectivity index (χ0) is 26.2. The molecule has 9 heteroatoms. The van der Waals surface area contributed by atoms with Gasteiger partial charge in [0.25, 0.3) is 0 Å². The molecule has 2 aliphatic rings. The third-order valence-corrected chi connectivity index (χ3v) is 7.46. The van der Waals surface area contributed by atoms with E-state index in [0.29, 0.717) is 45.9 Å². The van der Waals surface area contributed by atoms with Crippen molar-refractivity contribution in [3.63, 3.8) is 0 Å². The fourth-order valence-electron chi connectivity index (χ4n) is 5.59. The van der Waals surface area contributed by atoms with Gasteiger partial charge >= 0.3 is 0 Å². The molecule has 2 aliphatic heterocycles. The van der Waals surface area contributed by atoms with Crippen molar-refractivity contribution in [2.45, 2.75) is 0 Å². The normalized spacial score (nSPS) is 11.7. The van der Waals surface area contributed by atoms with Gasteiger partial charge in [0, 0.05) is 81.5 Å². The van der Waals surface area contributed by atoms with Gasteiger partial charge in [-0.05, 0) is 0 Å². The number of hydrogen-bond acceptors (Lipinski definition) is 6. The van der Waals surface area contributed by atoms with Crippen LogP contribution in [0.5, 0.6) is 0 Å². The maximum Gasteiger partial charge on any atom is 0.164 e. The summed E-state index contributed by atoms with van der Waals surface area (Å²) < 4.78 is 0. The quantitative estimate of drug-likeness (QED) is 0.170. The Bertz CT molecular complexity index is 2030. The third-order valence-electron chi connectivity index (χ3n) is 7.46. The Morgan fingerprint density at radius 2 is 0.561 bits per heavy atom. The molecule has 3 aromatic heterocycles. The smallest absolute Gasteiger partial charge is 0.164 e. The Balaban J connectivity index is 0.00000256. The first-order valence-electron chi connectivity index (χ1n) is 13.0. The SMILES string of the molecule is [Ho].c1ccc2c(c1)-c1nc-2nc2[nH]c(nc3nc(nc4[nH]c(n1)c1ccccc41)-c1ccccc1-3)c1ccccc21. The molecule has 0 fully saturated rings. The van der Waals surface area contributed by atoms with E-state index in [2.05, 4.69) is 9.97 Å². The van der Waals surface area contributed by atoms with E-state index < -0.39 is 0 Å². The maximum atomic E-state index is 5.02. The summed E-state index contributed by atoms with van der Waals surface area (Å²) in [6.07, 6.45) is 0. The zero-order valence-electron chi connectivity index (χ0n) is 21.2. The van der Waals surface area contributed by atoms with Crippen LogP contribution in [0.15, 0.2) is 97.1 Å². The van der Waals surface area contributed by atoms with Crippen molar-refractivity contribution in [2.75, 3.05) is 0 Å². The summed E-state index contributed by atoms with van der Waals surface area (Å²) in [6, 6.07) is 32.2. The first-order chi connectivity index (χ1) is 19.8. The van der Waals surface area contributed by atoms with Gasteiger partial charge in [0.2, 0.25) is 0 Å². The predicted octanol–water partition coefficient (Wildman–Crippen LogP) is 6.87. The molecule has 4 aromatic carbocycles. The first kappa shape index (κ1) is 24.3. The fourth-order valence-corrected chi connectivity index (χ4v) is 5.59. The van der Waals surface area contributed by atoms with Crippen molar-refractivity contribution in [2.24, 2.45) is 0 Å². The summed E-state index contributed by atoms with van der Waals surface area (Å²) in [5, 5.41) is 3.82. The second kappa shape index (κ2) is 9.27. The Morgan fingerprint density at radius 3 is 0.829 bits per heavy atom. The molecule has 0 atom stereocenters. The summed E-state index contributed by atoms with van der Waals surface area (Å²) in [5.74, 6) is 2.39. The number of fused-ring (bicyclic) bond motifs is 20. The van der Waals surface area contributed by atoms with Gasteiger partial charge in [-0.25, -0.2) is 29.9 Å². The molecule has 9 rings (SSSR count). The van der Waals surface area contributed by atoms with Gasteiger partial charge in [-0.1, -0.05) is 97.1 Å². The van der Waals surface area contributed by atoms with E-state index in [1.807, 2.05) is 97.1 Å². The number of aromatic nitrogens is 8. The fraction of sp³-hybridized carbons (Fsp3) is 0. The minimum absolute atomic E-state index is 0. The van der Waals surface area contributed by atoms with Crippen molar-refractivity contribution in [1.29, 1.82) is 0 Å². The number of hydrogen-bond donors (Lipinski definition) is 2. The summed E-state index contributed by atoms with van der Waals surface area (Å²) in [4.78, 5) is 36.8. The molecule has 2 N–H and O–H groups in total. The number of rotatable bonds is 0. The van der Waals surface area contributed by atoms with Gasteiger partial charge in [-0.2, -0.15) is 0 Å². The Morgan fingerprint density at radius 1 is 0.317 bits per heavy atom. The van der Waals surface area contributed by atoms with Crippen molar-refractivity contribution < 1.29 is 37.7 Å². The summed E-state index contributed by atoms with van der Waals surface area (Å²) in [6.45, 7) is 0. The molecule has 41 heavy (non-hydrogen) atoms. The van der Waals surface area contributed by atoms with Crippen molar-refractivity contribution in [1.82, 2.24) is 39.9 Å². The first-order valence-corrected chi connectivity index (χ1v) is 13.0. The standard InChI is InChI=1S/C32H18N8.Ho/c1-2-10-18-17(9-1)25-33-26(18)38-28-21-13-5-6-14-22(21)30(35-28)40-32-24-16-8-7-15-23(24)31(36-32)39-29-20-12-4-3-11-19(20)27(34-29)37-25;/h1-16H,(H2,33,34,35,36,37,38,39,40);. The molecule has 0 saturated heterocycles. The molecule has 5 heterocycles. The average Bonchev–Trinajstić information content (AvgIpc) is 3.73. The monoisotopic (exact) mass is 679 g/mol. The number of aromatic amines is 2. The van der Waals surface area contributed by atoms with E-state index in [1.165, 1.54) is 0 Å². The topological polar surface area (TPSA) is 109 Å². The molecular formula is C32H18HoN8. The molecule has 8 nitrogen and oxygen atoms in total. The largest absolute Gasteiger partial charge is 0.324 e. The van der Waals surface area contributed by atoms with Crippen LogP contribution in [0.1, 0.15) is 0 Å². The summed E-state index contributed by atoms with van der Waals surface area (Å²) in [7, 11) is 0. The number of H-pyrrole nitrogens is 2. The molecule has 0 aliphatic carbocycles. The van der Waals surface area contributed by atoms with Gasteiger partial charge in [0.05, 0.1) is 0 Å². The van der Waals surface area contributed by atoms with Crippen LogP contribution in [0.3, 0.4) is 0 Å². The average molecular weight is 679 g/mol. The molecule has 1 radical (unpaired) electrons. The van der Waals surface area contributed by atoms with E-state index in [9.17, 15) is 0 Å². The van der Waals surface area contributed by atoms with Crippen LogP contribution in [0.4, 0.5) is 0 Å². The molecule has 0 amide bonds. The minimum Gasteiger partial charge on any atom is -0.324 e. The van der Waals surface area contributed by atoms with Crippen molar-refractivity contribution >= 4 is 44.1 Å². The number of benzene rings is 4. The number of nitrogens with one attached hydrogen (secondary N) is 2. The van der Waals surface area contributed by atoms with Crippen LogP contribution < -0.4 is 0 Å². The molecule has 0 saturated carbocycles. The van der Waals surface area contributed by atoms with Gasteiger partial charge in [0.15, 0.2) is 23.3 Å². The zero-order valence-corrected chi connectivity index (χ0v) is 23.2. The van der Waals surface area contributed by atoms with Crippen LogP contribution in [-0.2, 0) is 0 Å². The second-order valence-corrected chi connectivity index (χ2v) is 9.79. The third kappa shape index (κ3) is 3.72. The van der Waals surface area contributed by atoms with E-state index in [-0.39, 0.29) is 37.7 Å². The predicted molar refractivity (Wildman–Crippen MR) is 156 cm³/mol. The van der Waals surface area contributed by atoms with Crippen LogP contribution in [0.25, 0.3) is 89.7 Å². The van der Waals surface area contributed by atoms with Crippen LogP contribution in [-0.4, -0.2) is 39.9 Å². The van der Waals surface area contributed by atoms with Gasteiger partial charge in [0.1, 0.15) is 22.6 Å². The van der Waals surface area contributed by atoms with E-state index >= 15 is 0 Å². The van der Waals surface area contributed by atoms with E-state index in [1.54, 1.807) is 0 Å². The molecule has 197 valence electrons. The van der Waals surface area contributed by atoms with Gasteiger partial charge in [-0.3, -0.25) is 0 Å². The Hall–Kier alpha value is -4.50. The molecule has 8 bridgehead atoms. The van der Waals surface area contributed by atoms with E-state index in [0.717, 1.165) is 43.8 Å². The van der Waals surface area contributed by atoms with Gasteiger partial charge < -0.3 is 9.97 Å². The molecule has 0 unspecified atom stereocenters. The molecule has 0 spiro atoms. The van der Waals surface area contributed by atoms with Crippen LogP contribution >= 0.6 is 0 Å². The van der Waals surface area contributed by atoms with Crippen molar-refractivity contribution in [3.05, 3.63) is 97.1 Å². The van der Waals surface area contributed by atoms with Crippen LogP contribution in [0, 0.1) is 37.7 Å². The summed E-state index contributed by atoms with van der Waals surface area (Å²) in [5.41, 5.74) is 6.45. The second-order valence-electron chi connectivity index (χ2n) is 9.79. The Labute approximate surface area is 262 Å². The summed E-state index contributed by atoms with van der Waals surface area (Å²) >= 11 is 0. The Kier molecular flexibility index (Phi) is 5.50. The van der Waals surface area contributed by atoms with Crippen LogP contribution in [0.2, 0.25) is 0 Å². The van der Waals surface area contributed by atoms with Gasteiger partial charge in [-0.15, -0.1) is 0 Å².